The lowest BCUT2D eigenvalue weighted by Crippen LogP contribution is -2.24. The van der Waals surface area contributed by atoms with E-state index in [1.807, 2.05) is 38.1 Å². The number of halogens is 1. The Bertz CT molecular complexity index is 1410. The number of rotatable bonds is 3. The van der Waals surface area contributed by atoms with E-state index < -0.39 is 0 Å². The SMILES string of the molecule is CC(C)n1c(=O)c2c(-c3cnnn3-c3ccc(F)cc3)ncn2c2ccccc21. The van der Waals surface area contributed by atoms with Gasteiger partial charge in [-0.1, -0.05) is 17.3 Å². The van der Waals surface area contributed by atoms with E-state index in [2.05, 4.69) is 15.3 Å². The van der Waals surface area contributed by atoms with Crippen LogP contribution < -0.4 is 5.56 Å². The molecule has 0 atom stereocenters. The maximum absolute atomic E-state index is 13.5. The minimum atomic E-state index is -0.339. The normalized spacial score (nSPS) is 11.7. The summed E-state index contributed by atoms with van der Waals surface area (Å²) in [5.41, 5.74) is 3.70. The summed E-state index contributed by atoms with van der Waals surface area (Å²) in [6.45, 7) is 3.95. The lowest BCUT2D eigenvalue weighted by Gasteiger charge is -2.15. The third kappa shape index (κ3) is 2.56. The first-order valence-electron chi connectivity index (χ1n) is 9.23. The number of imidazole rings is 1. The Kier molecular flexibility index (Phi) is 3.80. The highest BCUT2D eigenvalue weighted by Gasteiger charge is 2.21. The topological polar surface area (TPSA) is 70.0 Å². The minimum Gasteiger partial charge on any atom is -0.302 e. The third-order valence-electron chi connectivity index (χ3n) is 4.97. The molecule has 0 unspecified atom stereocenters. The molecule has 29 heavy (non-hydrogen) atoms. The Morgan fingerprint density at radius 2 is 1.72 bits per heavy atom. The van der Waals surface area contributed by atoms with E-state index in [4.69, 9.17) is 0 Å². The maximum atomic E-state index is 13.5. The zero-order valence-electron chi connectivity index (χ0n) is 15.8. The fourth-order valence-electron chi connectivity index (χ4n) is 3.70. The van der Waals surface area contributed by atoms with Crippen LogP contribution in [0.4, 0.5) is 4.39 Å². The van der Waals surface area contributed by atoms with Gasteiger partial charge in [-0.05, 0) is 50.2 Å². The van der Waals surface area contributed by atoms with E-state index >= 15 is 0 Å². The van der Waals surface area contributed by atoms with E-state index in [-0.39, 0.29) is 17.4 Å². The summed E-state index contributed by atoms with van der Waals surface area (Å²) in [6, 6.07) is 13.6. The van der Waals surface area contributed by atoms with E-state index in [1.165, 1.54) is 12.1 Å². The highest BCUT2D eigenvalue weighted by atomic mass is 19.1. The van der Waals surface area contributed by atoms with E-state index in [9.17, 15) is 9.18 Å². The molecule has 0 bridgehead atoms. The van der Waals surface area contributed by atoms with E-state index in [0.29, 0.717) is 22.6 Å². The molecule has 0 amide bonds. The van der Waals surface area contributed by atoms with Crippen LogP contribution in [0.25, 0.3) is 33.6 Å². The lowest BCUT2D eigenvalue weighted by molar-refractivity contribution is 0.601. The summed E-state index contributed by atoms with van der Waals surface area (Å²) in [5.74, 6) is -0.339. The first-order chi connectivity index (χ1) is 14.1. The predicted molar refractivity (Wildman–Crippen MR) is 108 cm³/mol. The van der Waals surface area contributed by atoms with Crippen molar-refractivity contribution in [1.29, 1.82) is 0 Å². The maximum Gasteiger partial charge on any atom is 0.277 e. The summed E-state index contributed by atoms with van der Waals surface area (Å²) in [7, 11) is 0. The van der Waals surface area contributed by atoms with Crippen LogP contribution in [0.15, 0.2) is 65.8 Å². The van der Waals surface area contributed by atoms with Crippen LogP contribution in [0.2, 0.25) is 0 Å². The monoisotopic (exact) mass is 388 g/mol. The van der Waals surface area contributed by atoms with Crippen LogP contribution in [-0.2, 0) is 0 Å². The van der Waals surface area contributed by atoms with Crippen molar-refractivity contribution in [2.75, 3.05) is 0 Å². The van der Waals surface area contributed by atoms with Crippen molar-refractivity contribution in [3.8, 4) is 17.1 Å². The van der Waals surface area contributed by atoms with Gasteiger partial charge < -0.3 is 4.57 Å². The number of hydrogen-bond donors (Lipinski definition) is 0. The van der Waals surface area contributed by atoms with Crippen molar-refractivity contribution >= 4 is 16.6 Å². The summed E-state index contributed by atoms with van der Waals surface area (Å²) in [6.07, 6.45) is 3.20. The van der Waals surface area contributed by atoms with Crippen LogP contribution in [0.5, 0.6) is 0 Å². The quantitative estimate of drug-likeness (QED) is 0.473. The van der Waals surface area contributed by atoms with Crippen molar-refractivity contribution in [1.82, 2.24) is 28.9 Å². The molecule has 3 aromatic heterocycles. The zero-order chi connectivity index (χ0) is 20.1. The minimum absolute atomic E-state index is 0.0275. The second kappa shape index (κ2) is 6.37. The van der Waals surface area contributed by atoms with Gasteiger partial charge in [0.25, 0.3) is 5.56 Å². The number of fused-ring (bicyclic) bond motifs is 3. The molecule has 0 N–H and O–H groups in total. The van der Waals surface area contributed by atoms with Crippen molar-refractivity contribution in [2.45, 2.75) is 19.9 Å². The van der Waals surface area contributed by atoms with Crippen LogP contribution in [0, 0.1) is 5.82 Å². The summed E-state index contributed by atoms with van der Waals surface area (Å²) in [5, 5.41) is 8.11. The largest absolute Gasteiger partial charge is 0.302 e. The molecule has 2 aromatic carbocycles. The van der Waals surface area contributed by atoms with E-state index in [0.717, 1.165) is 11.0 Å². The molecule has 0 spiro atoms. The highest BCUT2D eigenvalue weighted by Crippen LogP contribution is 2.26. The van der Waals surface area contributed by atoms with Gasteiger partial charge in [-0.25, -0.2) is 14.1 Å². The second-order valence-electron chi connectivity index (χ2n) is 7.08. The highest BCUT2D eigenvalue weighted by molar-refractivity contribution is 5.84. The fraction of sp³-hybridized carbons (Fsp3) is 0.143. The van der Waals surface area contributed by atoms with Gasteiger partial charge in [0.2, 0.25) is 0 Å². The Balaban J connectivity index is 1.84. The lowest BCUT2D eigenvalue weighted by atomic mass is 10.2. The first kappa shape index (κ1) is 17.3. The summed E-state index contributed by atoms with van der Waals surface area (Å²) < 4.78 is 18.4. The smallest absolute Gasteiger partial charge is 0.277 e. The molecule has 144 valence electrons. The Hall–Kier alpha value is -3.81. The standard InChI is InChI=1S/C21H17FN6O/c1-13(2)27-17-6-4-3-5-16(17)26-12-23-19(20(26)21(27)29)18-11-24-25-28(18)15-9-7-14(22)8-10-15/h3-13H,1-2H3. The van der Waals surface area contributed by atoms with Gasteiger partial charge in [-0.3, -0.25) is 9.20 Å². The number of hydrogen-bond acceptors (Lipinski definition) is 4. The van der Waals surface area contributed by atoms with Crippen LogP contribution >= 0.6 is 0 Å². The average Bonchev–Trinajstić information content (AvgIpc) is 3.35. The third-order valence-corrected chi connectivity index (χ3v) is 4.97. The molecule has 8 heteroatoms. The summed E-state index contributed by atoms with van der Waals surface area (Å²) in [4.78, 5) is 18.0. The van der Waals surface area contributed by atoms with Crippen LogP contribution in [0.1, 0.15) is 19.9 Å². The van der Waals surface area contributed by atoms with Gasteiger partial charge in [-0.15, -0.1) is 5.10 Å². The van der Waals surface area contributed by atoms with Crippen molar-refractivity contribution in [3.05, 3.63) is 77.2 Å². The first-order valence-corrected chi connectivity index (χ1v) is 9.23. The number of benzene rings is 2. The Morgan fingerprint density at radius 3 is 2.45 bits per heavy atom. The predicted octanol–water partition coefficient (Wildman–Crippen LogP) is 3.62. The van der Waals surface area contributed by atoms with Gasteiger partial charge in [0, 0.05) is 6.04 Å². The molecule has 0 aliphatic heterocycles. The van der Waals surface area contributed by atoms with Gasteiger partial charge in [0.1, 0.15) is 29.0 Å². The van der Waals surface area contributed by atoms with Crippen LogP contribution in [0.3, 0.4) is 0 Å². The molecule has 0 fully saturated rings. The van der Waals surface area contributed by atoms with Crippen molar-refractivity contribution < 1.29 is 4.39 Å². The molecule has 0 saturated heterocycles. The molecule has 0 radical (unpaired) electrons. The molecular weight excluding hydrogens is 371 g/mol. The molecule has 3 heterocycles. The molecule has 0 aliphatic rings. The molecule has 7 nitrogen and oxygen atoms in total. The van der Waals surface area contributed by atoms with Crippen LogP contribution in [-0.4, -0.2) is 28.9 Å². The zero-order valence-corrected chi connectivity index (χ0v) is 15.8. The van der Waals surface area contributed by atoms with Gasteiger partial charge in [-0.2, -0.15) is 0 Å². The van der Waals surface area contributed by atoms with Crippen molar-refractivity contribution in [3.63, 3.8) is 0 Å². The fourth-order valence-corrected chi connectivity index (χ4v) is 3.70. The molecule has 0 aliphatic carbocycles. The Morgan fingerprint density at radius 1 is 1.00 bits per heavy atom. The number of nitrogens with zero attached hydrogens (tertiary/aromatic N) is 6. The number of aromatic nitrogens is 6. The van der Waals surface area contributed by atoms with Crippen molar-refractivity contribution in [2.24, 2.45) is 0 Å². The molecule has 0 saturated carbocycles. The van der Waals surface area contributed by atoms with E-state index in [1.54, 1.807) is 38.3 Å². The van der Waals surface area contributed by atoms with Gasteiger partial charge >= 0.3 is 0 Å². The molecule has 5 rings (SSSR count). The molecular formula is C21H17FN6O. The second-order valence-corrected chi connectivity index (χ2v) is 7.08. The van der Waals surface area contributed by atoms with Gasteiger partial charge in [0.05, 0.1) is 22.9 Å². The molecule has 5 aromatic rings. The average molecular weight is 388 g/mol. The Labute approximate surface area is 164 Å². The summed E-state index contributed by atoms with van der Waals surface area (Å²) >= 11 is 0. The van der Waals surface area contributed by atoms with Gasteiger partial charge in [0.15, 0.2) is 0 Å². The number of para-hydroxylation sites is 2.